The van der Waals surface area contributed by atoms with Crippen LogP contribution in [0.3, 0.4) is 0 Å². The molecule has 3 aromatic carbocycles. The van der Waals surface area contributed by atoms with Gasteiger partial charge in [0.15, 0.2) is 11.6 Å². The molecule has 17 atom stereocenters. The summed E-state index contributed by atoms with van der Waals surface area (Å²) in [5.74, 6) is -8.01. The molecule has 0 unspecified atom stereocenters. The average molecular weight is 1880 g/mol. The molecule has 0 spiro atoms. The van der Waals surface area contributed by atoms with E-state index in [2.05, 4.69) is 69.9 Å². The van der Waals surface area contributed by atoms with Gasteiger partial charge in [-0.05, 0) is 202 Å². The van der Waals surface area contributed by atoms with Gasteiger partial charge in [-0.3, -0.25) is 72.0 Å². The van der Waals surface area contributed by atoms with Gasteiger partial charge in [-0.15, -0.1) is 0 Å². The number of rotatable bonds is 57. The van der Waals surface area contributed by atoms with Crippen LogP contribution in [0.5, 0.6) is 0 Å². The molecule has 3 aliphatic rings. The Morgan fingerprint density at radius 2 is 1.00 bits per heavy atom. The summed E-state index contributed by atoms with van der Waals surface area (Å²) in [6, 6.07) is 18.8. The Morgan fingerprint density at radius 1 is 0.504 bits per heavy atom. The first-order valence-corrected chi connectivity index (χ1v) is 49.2. The van der Waals surface area contributed by atoms with Crippen molar-refractivity contribution in [2.45, 2.75) is 299 Å². The number of ketones is 3. The Hall–Kier alpha value is -10.1. The second-order valence-electron chi connectivity index (χ2n) is 39.4. The van der Waals surface area contributed by atoms with Crippen LogP contribution in [0.1, 0.15) is 236 Å². The van der Waals surface area contributed by atoms with E-state index in [1.54, 1.807) is 60.2 Å². The number of anilines is 2. The fraction of sp³-hybridized carbons (Fsp3) is 0.676. The number of carbonyl (C=O) groups is 15. The van der Waals surface area contributed by atoms with E-state index in [4.69, 9.17) is 15.2 Å². The quantitative estimate of drug-likeness (QED) is 0.0185. The number of nitrogens with zero attached hydrogens (tertiary/aromatic N) is 5. The first kappa shape index (κ1) is 114. The fourth-order valence-corrected chi connectivity index (χ4v) is 19.2. The van der Waals surface area contributed by atoms with Crippen molar-refractivity contribution in [1.29, 1.82) is 0 Å². The highest BCUT2D eigenvalue weighted by Crippen LogP contribution is 2.34. The Balaban J connectivity index is 0.937. The molecular weight excluding hydrogens is 1720 g/mol. The number of nitrogens with one attached hydrogen (secondary N) is 10. The summed E-state index contributed by atoms with van der Waals surface area (Å²) in [6.45, 7) is 31.8. The molecule has 13 amide bonds. The van der Waals surface area contributed by atoms with E-state index in [1.165, 1.54) is 21.1 Å². The van der Waals surface area contributed by atoms with Crippen LogP contribution in [0, 0.1) is 65.1 Å². The van der Waals surface area contributed by atoms with Gasteiger partial charge in [0.1, 0.15) is 11.8 Å². The Morgan fingerprint density at radius 3 is 1.45 bits per heavy atom. The first-order valence-electron chi connectivity index (χ1n) is 49.2. The Bertz CT molecular complexity index is 4330. The van der Waals surface area contributed by atoms with Crippen molar-refractivity contribution in [2.24, 2.45) is 70.8 Å². The van der Waals surface area contributed by atoms with Crippen molar-refractivity contribution >= 4 is 99.7 Å². The van der Waals surface area contributed by atoms with Crippen molar-refractivity contribution in [3.8, 4) is 0 Å². The number of piperidine rings is 2. The van der Waals surface area contributed by atoms with Crippen molar-refractivity contribution < 1.29 is 81.4 Å². The molecule has 6 rings (SSSR count). The van der Waals surface area contributed by atoms with Crippen LogP contribution in [0.25, 0.3) is 0 Å². The molecule has 3 heterocycles. The predicted molar refractivity (Wildman–Crippen MR) is 522 cm³/mol. The number of hydrogen-bond acceptors (Lipinski definition) is 20. The van der Waals surface area contributed by atoms with Gasteiger partial charge < -0.3 is 88.0 Å². The topological polar surface area (TPSA) is 437 Å². The highest BCUT2D eigenvalue weighted by Gasteiger charge is 2.45. The molecule has 3 saturated heterocycles. The molecule has 135 heavy (non-hydrogen) atoms. The van der Waals surface area contributed by atoms with Crippen LogP contribution in [0.2, 0.25) is 0 Å². The lowest BCUT2D eigenvalue weighted by molar-refractivity contribution is -0.148. The fourth-order valence-electron chi connectivity index (χ4n) is 19.2. The standard InChI is InChI=1S/C102H162N16O17/c1-21-66(11)93(115(18)101(132)91(64(7)8)113-100(131)92(65(9)10)114(16)17)85(134-19)58-88(125)118-49-27-33-81(118)94(135-20)69(14)82(120)57-78(54-71-30-24-23-25-31-71)97(128)106-60-73-38-42-80(43-39-73)110-99(130)75(32-26-46-104-102(103)133)56-84(122)90(63(5)6)112-87(124)35-29-48-117-51-45-77(53-68(117)13)96(127)108-61-107-95(126)76-44-50-116(67(12)52-76)47-28-34-86(123)111-89(62(3)4)83(121)55-74(22-2)98(129)109-79-40-36-72(37-41-79)59-105-70(15)119/h23-25,30-31,36-43,62-69,74-78,81,85,89-94H,21-22,26-29,32-35,44-61H2,1-20H3,(H,105,119)(H,106,128)(H,107,126)(H,108,127)(H,109,129)(H,110,130)(H,111,123)(H,112,124)(H,113,131)(H3,103,104,133)/t66-,67+,68+,69-,74+,75+,76+,77+,78+,81-,85+,89-,90-,91-,92-,93-,94+/m0/s1. The largest absolute Gasteiger partial charge is 0.379 e. The molecule has 0 aromatic heterocycles. The molecule has 3 aromatic rings. The zero-order valence-corrected chi connectivity index (χ0v) is 84.2. The zero-order chi connectivity index (χ0) is 100. The van der Waals surface area contributed by atoms with E-state index in [0.717, 1.165) is 11.1 Å². The molecule has 0 bridgehead atoms. The van der Waals surface area contributed by atoms with Crippen LogP contribution < -0.4 is 58.9 Å². The van der Waals surface area contributed by atoms with Gasteiger partial charge in [-0.2, -0.15) is 0 Å². The van der Waals surface area contributed by atoms with Gasteiger partial charge in [-0.1, -0.05) is 144 Å². The highest BCUT2D eigenvalue weighted by atomic mass is 16.5. The minimum atomic E-state index is -0.909. The summed E-state index contributed by atoms with van der Waals surface area (Å²) in [4.78, 5) is 214. The number of likely N-dealkylation sites (tertiary alicyclic amines) is 3. The maximum atomic E-state index is 14.7. The molecule has 0 radical (unpaired) electrons. The maximum absolute atomic E-state index is 14.7. The number of hydrogen-bond donors (Lipinski definition) is 11. The minimum absolute atomic E-state index is 0.00668. The number of nitrogens with two attached hydrogens (primary N) is 1. The minimum Gasteiger partial charge on any atom is -0.379 e. The molecule has 33 heteroatoms. The van der Waals surface area contributed by atoms with Crippen LogP contribution >= 0.6 is 0 Å². The van der Waals surface area contributed by atoms with Gasteiger partial charge in [0.05, 0.1) is 55.5 Å². The van der Waals surface area contributed by atoms with Gasteiger partial charge in [0, 0.05) is 145 Å². The van der Waals surface area contributed by atoms with Crippen molar-refractivity contribution in [2.75, 3.05) is 91.9 Å². The summed E-state index contributed by atoms with van der Waals surface area (Å²) >= 11 is 0. The van der Waals surface area contributed by atoms with E-state index in [1.807, 2.05) is 145 Å². The van der Waals surface area contributed by atoms with Crippen LogP contribution in [0.4, 0.5) is 16.2 Å². The number of amides is 13. The van der Waals surface area contributed by atoms with Gasteiger partial charge >= 0.3 is 6.03 Å². The molecule has 3 aliphatic heterocycles. The summed E-state index contributed by atoms with van der Waals surface area (Å²) < 4.78 is 12.3. The smallest absolute Gasteiger partial charge is 0.312 e. The third-order valence-electron chi connectivity index (χ3n) is 27.4. The molecule has 33 nitrogen and oxygen atoms in total. The number of methoxy groups -OCH3 is 2. The molecule has 0 saturated carbocycles. The Labute approximate surface area is 801 Å². The lowest BCUT2D eigenvalue weighted by Crippen LogP contribution is -2.59. The van der Waals surface area contributed by atoms with Crippen molar-refractivity contribution in [3.05, 3.63) is 95.6 Å². The lowest BCUT2D eigenvalue weighted by Gasteiger charge is -2.41. The number of primary amides is 1. The summed E-state index contributed by atoms with van der Waals surface area (Å²) in [6.07, 6.45) is 4.97. The summed E-state index contributed by atoms with van der Waals surface area (Å²) in [5.41, 5.74) is 8.78. The molecule has 752 valence electrons. The predicted octanol–water partition coefficient (Wildman–Crippen LogP) is 9.22. The number of urea groups is 1. The van der Waals surface area contributed by atoms with Gasteiger partial charge in [0.2, 0.25) is 65.0 Å². The number of benzene rings is 3. The number of ether oxygens (including phenoxy) is 2. The van der Waals surface area contributed by atoms with Crippen molar-refractivity contribution in [3.63, 3.8) is 0 Å². The maximum Gasteiger partial charge on any atom is 0.312 e. The van der Waals surface area contributed by atoms with E-state index >= 15 is 0 Å². The van der Waals surface area contributed by atoms with E-state index in [0.29, 0.717) is 127 Å². The number of likely N-dealkylation sites (N-methyl/N-ethyl adjacent to an activating group) is 2. The summed E-state index contributed by atoms with van der Waals surface area (Å²) in [5, 5.41) is 28.9. The Kier molecular flexibility index (Phi) is 48.1. The lowest BCUT2D eigenvalue weighted by atomic mass is 9.85. The average Bonchev–Trinajstić information content (AvgIpc) is 1.72. The summed E-state index contributed by atoms with van der Waals surface area (Å²) in [7, 11) is 8.45. The van der Waals surface area contributed by atoms with E-state index in [-0.39, 0.29) is 201 Å². The second-order valence-corrected chi connectivity index (χ2v) is 39.4. The monoisotopic (exact) mass is 1880 g/mol. The van der Waals surface area contributed by atoms with Crippen LogP contribution in [-0.4, -0.2) is 255 Å². The highest BCUT2D eigenvalue weighted by molar-refractivity contribution is 5.99. The molecule has 3 fully saturated rings. The molecule has 12 N–H and O–H groups in total. The number of Topliss-reactive ketones (excluding diaryl/α,β-unsaturated/α-hetero) is 3. The number of carbonyl (C=O) groups excluding carboxylic acids is 15. The van der Waals surface area contributed by atoms with Crippen molar-refractivity contribution in [1.82, 2.24) is 67.0 Å². The van der Waals surface area contributed by atoms with E-state index in [9.17, 15) is 71.9 Å². The van der Waals surface area contributed by atoms with Crippen LogP contribution in [0.15, 0.2) is 78.9 Å². The third-order valence-corrected chi connectivity index (χ3v) is 27.4. The zero-order valence-electron chi connectivity index (χ0n) is 84.2. The first-order chi connectivity index (χ1) is 64.0. The second kappa shape index (κ2) is 57.2. The SMILES string of the molecule is CC[C@H](CC(=O)[C@@H](NC(=O)CCCN1CC[C@@H](C(=O)NCNC(=O)[C@@H]2CCN(CCCC(=O)N[C@H](C(=O)C[C@@H](CCCNC(N)=O)C(=O)Nc3ccc(CNC(=O)[C@@H](CC(=O)[C@H](C)[C@@H](OC)[C@@H]4CCCN4C(=O)C[C@@H](OC)[C@H]([C@@H](C)CC)N(C)C(=O)[C@@H](NC(=O)[C@H](C(C)C)N(C)C)C(C)C)Cc4ccccc4)cc3)C(C)C)[C@H](C)C2)C[C@H]1C)C(C)C)C(=O)Nc1ccc(CNC(C)=O)cc1. The third kappa shape index (κ3) is 36.4. The molecular formula is C102H162N16O17. The molecule has 0 aliphatic carbocycles. The van der Waals surface area contributed by atoms with Crippen LogP contribution in [-0.2, 0) is 96.1 Å². The van der Waals surface area contributed by atoms with Gasteiger partial charge in [-0.25, -0.2) is 4.79 Å². The normalized spacial score (nSPS) is 19.2. The van der Waals surface area contributed by atoms with Gasteiger partial charge in [0.25, 0.3) is 0 Å². The van der Waals surface area contributed by atoms with E-state index < -0.39 is 84.1 Å².